The summed E-state index contributed by atoms with van der Waals surface area (Å²) in [7, 11) is -8.27. The second-order valence-corrected chi connectivity index (χ2v) is 6.24. The van der Waals surface area contributed by atoms with Gasteiger partial charge in [-0.05, 0) is 0 Å². The zero-order chi connectivity index (χ0) is 26.8. The van der Waals surface area contributed by atoms with Gasteiger partial charge in [-0.2, -0.15) is 78.7 Å². The third kappa shape index (κ3) is 4.27. The Morgan fingerprint density at radius 1 is 0.531 bits per heavy atom. The maximum Gasteiger partial charge on any atom is 0.460 e. The van der Waals surface area contributed by atoms with Gasteiger partial charge in [0, 0.05) is 0 Å². The summed E-state index contributed by atoms with van der Waals surface area (Å²) in [6, 6.07) is 0. The lowest BCUT2D eigenvalue weighted by Crippen LogP contribution is -2.79. The fraction of sp³-hybridized carbons (Fsp3) is 0.889. The average Bonchev–Trinajstić information content (AvgIpc) is 2.44. The molecule has 0 radical (unpaired) electrons. The van der Waals surface area contributed by atoms with E-state index < -0.39 is 64.1 Å². The van der Waals surface area contributed by atoms with Gasteiger partial charge in [0.15, 0.2) is 0 Å². The molecule has 0 N–H and O–H groups in total. The molecular weight excluding hydrogens is 546 g/mol. The number of hydrogen-bond donors (Lipinski definition) is 0. The molecule has 0 aromatic carbocycles. The fourth-order valence-electron chi connectivity index (χ4n) is 1.80. The lowest BCUT2D eigenvalue weighted by molar-refractivity contribution is -0.414. The molecule has 192 valence electrons. The Kier molecular flexibility index (Phi) is 7.02. The van der Waals surface area contributed by atoms with Crippen LogP contribution in [0, 0.1) is 0 Å². The van der Waals surface area contributed by atoms with Crippen LogP contribution in [0.5, 0.6) is 0 Å². The Balaban J connectivity index is 8.02. The van der Waals surface area contributed by atoms with E-state index in [0.717, 1.165) is 0 Å². The Bertz CT molecular complexity index is 814. The van der Waals surface area contributed by atoms with E-state index in [1.54, 1.807) is 0 Å². The number of carbonyl (C=O) groups is 1. The first-order valence-electron chi connectivity index (χ1n) is 6.28. The van der Waals surface area contributed by atoms with Crippen LogP contribution in [-0.2, 0) is 19.5 Å². The molecule has 23 heteroatoms. The molecule has 1 atom stereocenters. The Labute approximate surface area is 161 Å². The average molecular weight is 546 g/mol. The molecule has 0 amide bonds. The molecule has 0 spiro atoms. The highest BCUT2D eigenvalue weighted by Gasteiger charge is 2.95. The molecule has 0 rings (SSSR count). The highest BCUT2D eigenvalue weighted by atomic mass is 32.3. The van der Waals surface area contributed by atoms with Crippen molar-refractivity contribution < 1.29 is 95.9 Å². The zero-order valence-corrected chi connectivity index (χ0v) is 14.2. The van der Waals surface area contributed by atoms with Gasteiger partial charge >= 0.3 is 58.3 Å². The van der Waals surface area contributed by atoms with E-state index in [4.69, 9.17) is 0 Å². The minimum atomic E-state index is -8.92. The maximum absolute atomic E-state index is 13.7. The lowest BCUT2D eigenvalue weighted by Gasteiger charge is -2.44. The molecule has 0 aliphatic rings. The van der Waals surface area contributed by atoms with Crippen molar-refractivity contribution in [3.05, 3.63) is 0 Å². The molecular formula is C9F18O4S. The van der Waals surface area contributed by atoms with Crippen LogP contribution in [0.15, 0.2) is 0 Å². The number of Topliss-reactive ketones (excluding diaryl/α,β-unsaturated/α-hetero) is 1. The standard InChI is InChI=1S/C9F18O4S/c10-2(6(15,16)17,7(18,19)20)1(28)3(8(21,22)23,31-32(27,29)30)4(11,12)5(13,14)9(24,25)26. The van der Waals surface area contributed by atoms with Gasteiger partial charge in [0.1, 0.15) is 0 Å². The summed E-state index contributed by atoms with van der Waals surface area (Å²) in [6.45, 7) is 0. The number of alkyl halides is 17. The van der Waals surface area contributed by atoms with Crippen molar-refractivity contribution >= 4 is 16.3 Å². The first-order chi connectivity index (χ1) is 13.4. The summed E-state index contributed by atoms with van der Waals surface area (Å²) >= 11 is 0. The van der Waals surface area contributed by atoms with Crippen molar-refractivity contribution in [3.8, 4) is 0 Å². The van der Waals surface area contributed by atoms with Gasteiger partial charge in [-0.3, -0.25) is 4.79 Å². The van der Waals surface area contributed by atoms with Crippen LogP contribution in [0.2, 0.25) is 0 Å². The van der Waals surface area contributed by atoms with Gasteiger partial charge in [-0.15, -0.1) is 0 Å². The topological polar surface area (TPSA) is 60.4 Å². The smallest absolute Gasteiger partial charge is 0.291 e. The van der Waals surface area contributed by atoms with E-state index in [1.165, 1.54) is 4.18 Å². The van der Waals surface area contributed by atoms with Crippen LogP contribution in [0.3, 0.4) is 0 Å². The highest BCUT2D eigenvalue weighted by Crippen LogP contribution is 2.61. The second-order valence-electron chi connectivity index (χ2n) is 5.29. The van der Waals surface area contributed by atoms with Gasteiger partial charge < -0.3 is 0 Å². The molecule has 32 heavy (non-hydrogen) atoms. The number of halogens is 18. The summed E-state index contributed by atoms with van der Waals surface area (Å²) in [6.07, 6.45) is -33.1. The molecule has 0 saturated carbocycles. The van der Waals surface area contributed by atoms with Crippen LogP contribution >= 0.6 is 0 Å². The minimum absolute atomic E-state index is 1.40. The van der Waals surface area contributed by atoms with Gasteiger partial charge in [-0.1, -0.05) is 3.89 Å². The molecule has 0 aromatic rings. The van der Waals surface area contributed by atoms with Crippen LogP contribution in [0.25, 0.3) is 0 Å². The number of carbonyl (C=O) groups excluding carboxylic acids is 1. The van der Waals surface area contributed by atoms with E-state index in [-0.39, 0.29) is 0 Å². The summed E-state index contributed by atoms with van der Waals surface area (Å²) in [5, 5.41) is 0. The predicted octanol–water partition coefficient (Wildman–Crippen LogP) is 4.75. The first kappa shape index (κ1) is 30.3. The lowest BCUT2D eigenvalue weighted by atomic mass is 9.78. The Hall–Kier alpha value is -1.68. The van der Waals surface area contributed by atoms with Crippen molar-refractivity contribution in [2.45, 2.75) is 47.8 Å². The molecule has 0 fully saturated rings. The third-order valence-electron chi connectivity index (χ3n) is 3.23. The molecule has 0 saturated heterocycles. The van der Waals surface area contributed by atoms with Crippen molar-refractivity contribution in [2.24, 2.45) is 0 Å². The molecule has 0 bridgehead atoms. The minimum Gasteiger partial charge on any atom is -0.291 e. The molecule has 0 aromatic heterocycles. The largest absolute Gasteiger partial charge is 0.460 e. The monoisotopic (exact) mass is 546 g/mol. The van der Waals surface area contributed by atoms with Gasteiger partial charge in [-0.25, -0.2) is 8.57 Å². The molecule has 0 aliphatic heterocycles. The van der Waals surface area contributed by atoms with E-state index in [2.05, 4.69) is 0 Å². The van der Waals surface area contributed by atoms with E-state index >= 15 is 0 Å². The number of rotatable bonds is 6. The number of ketones is 1. The van der Waals surface area contributed by atoms with E-state index in [1.807, 2.05) is 0 Å². The Morgan fingerprint density at radius 3 is 1.03 bits per heavy atom. The quantitative estimate of drug-likeness (QED) is 0.357. The van der Waals surface area contributed by atoms with Crippen molar-refractivity contribution in [1.82, 2.24) is 0 Å². The van der Waals surface area contributed by atoms with Crippen LogP contribution < -0.4 is 0 Å². The van der Waals surface area contributed by atoms with Gasteiger partial charge in [0.05, 0.1) is 0 Å². The van der Waals surface area contributed by atoms with Crippen LogP contribution in [-0.4, -0.2) is 62.0 Å². The van der Waals surface area contributed by atoms with Crippen molar-refractivity contribution in [2.75, 3.05) is 0 Å². The van der Waals surface area contributed by atoms with E-state index in [9.17, 15) is 91.7 Å². The van der Waals surface area contributed by atoms with Crippen LogP contribution in [0.4, 0.5) is 78.5 Å². The fourth-order valence-corrected chi connectivity index (χ4v) is 2.37. The third-order valence-corrected chi connectivity index (χ3v) is 3.68. The summed E-state index contributed by atoms with van der Waals surface area (Å²) in [5.41, 5.74) is -17.1. The molecule has 4 nitrogen and oxygen atoms in total. The SMILES string of the molecule is O=C(C(F)(C(F)(F)F)C(F)(F)F)C(OS(=O)(=O)F)(C(F)(F)F)C(F)(F)C(F)(F)C(F)(F)F. The summed E-state index contributed by atoms with van der Waals surface area (Å²) in [5.74, 6) is -23.7. The Morgan fingerprint density at radius 2 is 0.844 bits per heavy atom. The second kappa shape index (κ2) is 7.41. The van der Waals surface area contributed by atoms with Crippen LogP contribution in [0.1, 0.15) is 0 Å². The van der Waals surface area contributed by atoms with Crippen molar-refractivity contribution in [1.29, 1.82) is 0 Å². The van der Waals surface area contributed by atoms with Crippen molar-refractivity contribution in [3.63, 3.8) is 0 Å². The summed E-state index contributed by atoms with van der Waals surface area (Å²) in [4.78, 5) is 11.3. The van der Waals surface area contributed by atoms with E-state index in [0.29, 0.717) is 0 Å². The summed E-state index contributed by atoms with van der Waals surface area (Å²) < 4.78 is 252. The predicted molar refractivity (Wildman–Crippen MR) is 56.8 cm³/mol. The maximum atomic E-state index is 13.7. The molecule has 0 aliphatic carbocycles. The zero-order valence-electron chi connectivity index (χ0n) is 13.3. The normalized spacial score (nSPS) is 17.8. The molecule has 1 unspecified atom stereocenters. The van der Waals surface area contributed by atoms with Gasteiger partial charge in [0.25, 0.3) is 0 Å². The van der Waals surface area contributed by atoms with Gasteiger partial charge in [0.2, 0.25) is 5.78 Å². The first-order valence-corrected chi connectivity index (χ1v) is 7.58. The number of hydrogen-bond acceptors (Lipinski definition) is 4. The molecule has 0 heterocycles. The highest BCUT2D eigenvalue weighted by molar-refractivity contribution is 7.81.